The lowest BCUT2D eigenvalue weighted by molar-refractivity contribution is 0.414. The van der Waals surface area contributed by atoms with Crippen LogP contribution in [0.25, 0.3) is 5.57 Å². The fraction of sp³-hybridized carbons (Fsp3) is 0.250. The Balaban J connectivity index is 1.99. The van der Waals surface area contributed by atoms with E-state index in [-0.39, 0.29) is 0 Å². The van der Waals surface area contributed by atoms with Crippen LogP contribution in [-0.2, 0) is 0 Å². The number of hydrogen-bond acceptors (Lipinski definition) is 1. The van der Waals surface area contributed by atoms with Gasteiger partial charge in [0.25, 0.3) is 0 Å². The van der Waals surface area contributed by atoms with Gasteiger partial charge < -0.3 is 4.74 Å². The Morgan fingerprint density at radius 3 is 3.06 bits per heavy atom. The van der Waals surface area contributed by atoms with Crippen molar-refractivity contribution in [1.82, 2.24) is 0 Å². The number of methoxy groups -OCH3 is 1. The van der Waals surface area contributed by atoms with Crippen LogP contribution in [0.1, 0.15) is 24.8 Å². The Kier molecular flexibility index (Phi) is 2.60. The van der Waals surface area contributed by atoms with Gasteiger partial charge in [-0.2, -0.15) is 0 Å². The molecule has 86 valence electrons. The first-order valence-corrected chi connectivity index (χ1v) is 6.12. The summed E-state index contributed by atoms with van der Waals surface area (Å²) in [5.41, 5.74) is 5.71. The van der Waals surface area contributed by atoms with Crippen LogP contribution in [0, 0.1) is 0 Å². The molecule has 0 bridgehead atoms. The lowest BCUT2D eigenvalue weighted by atomic mass is 9.92. The molecule has 0 spiro atoms. The van der Waals surface area contributed by atoms with E-state index in [1.54, 1.807) is 7.11 Å². The normalized spacial score (nSPS) is 18.1. The lowest BCUT2D eigenvalue weighted by Gasteiger charge is -2.13. The van der Waals surface area contributed by atoms with Gasteiger partial charge in [0.05, 0.1) is 7.11 Å². The molecule has 0 atom stereocenters. The summed E-state index contributed by atoms with van der Waals surface area (Å²) in [5, 5.41) is 0. The van der Waals surface area contributed by atoms with Gasteiger partial charge in [0.1, 0.15) is 5.75 Å². The van der Waals surface area contributed by atoms with Crippen molar-refractivity contribution in [3.63, 3.8) is 0 Å². The highest BCUT2D eigenvalue weighted by atomic mass is 16.5. The van der Waals surface area contributed by atoms with Crippen molar-refractivity contribution in [2.45, 2.75) is 19.3 Å². The van der Waals surface area contributed by atoms with Crippen LogP contribution < -0.4 is 4.74 Å². The van der Waals surface area contributed by atoms with Gasteiger partial charge in [-0.05, 0) is 53.7 Å². The summed E-state index contributed by atoms with van der Waals surface area (Å²) in [5.74, 6) is 0.934. The summed E-state index contributed by atoms with van der Waals surface area (Å²) < 4.78 is 5.29. The summed E-state index contributed by atoms with van der Waals surface area (Å²) in [6.07, 6.45) is 10.3. The maximum Gasteiger partial charge on any atom is 0.119 e. The van der Waals surface area contributed by atoms with Crippen LogP contribution in [-0.4, -0.2) is 7.11 Å². The van der Waals surface area contributed by atoms with Gasteiger partial charge >= 0.3 is 0 Å². The molecule has 1 nitrogen and oxygen atoms in total. The molecule has 3 rings (SSSR count). The van der Waals surface area contributed by atoms with Crippen molar-refractivity contribution in [1.29, 1.82) is 0 Å². The zero-order valence-electron chi connectivity index (χ0n) is 10.1. The standard InChI is InChI=1S/C16H16O/c1-17-14-7-4-6-13(11-14)16-10-9-12-5-2-3-8-15(12)16/h2,4-7,10-11H,3,8-9H2,1H3. The van der Waals surface area contributed by atoms with E-state index in [0.717, 1.165) is 12.2 Å². The van der Waals surface area contributed by atoms with Gasteiger partial charge in [-0.3, -0.25) is 0 Å². The van der Waals surface area contributed by atoms with E-state index in [1.807, 2.05) is 6.07 Å². The highest BCUT2D eigenvalue weighted by Crippen LogP contribution is 2.39. The average Bonchev–Trinajstić information content (AvgIpc) is 2.82. The van der Waals surface area contributed by atoms with E-state index < -0.39 is 0 Å². The molecular formula is C16H16O. The van der Waals surface area contributed by atoms with E-state index in [0.29, 0.717) is 0 Å². The van der Waals surface area contributed by atoms with Crippen molar-refractivity contribution >= 4 is 5.57 Å². The monoisotopic (exact) mass is 224 g/mol. The Bertz CT molecular complexity index is 532. The maximum absolute atomic E-state index is 5.29. The molecule has 2 aliphatic rings. The third-order valence-electron chi connectivity index (χ3n) is 3.50. The Morgan fingerprint density at radius 2 is 2.18 bits per heavy atom. The number of rotatable bonds is 2. The molecule has 17 heavy (non-hydrogen) atoms. The molecule has 0 amide bonds. The molecular weight excluding hydrogens is 208 g/mol. The van der Waals surface area contributed by atoms with Crippen LogP contribution >= 0.6 is 0 Å². The minimum absolute atomic E-state index is 0.934. The Hall–Kier alpha value is -1.76. The fourth-order valence-electron chi connectivity index (χ4n) is 2.63. The van der Waals surface area contributed by atoms with Crippen molar-refractivity contribution in [3.05, 3.63) is 59.2 Å². The first-order chi connectivity index (χ1) is 8.38. The van der Waals surface area contributed by atoms with Crippen LogP contribution in [0.4, 0.5) is 0 Å². The van der Waals surface area contributed by atoms with Crippen LogP contribution in [0.15, 0.2) is 53.6 Å². The number of allylic oxidation sites excluding steroid dienone is 6. The SMILES string of the molecule is COc1cccc(C2=CCC3=C2CCC=C3)c1. The summed E-state index contributed by atoms with van der Waals surface area (Å²) in [4.78, 5) is 0. The molecule has 0 radical (unpaired) electrons. The van der Waals surface area contributed by atoms with Gasteiger partial charge in [0, 0.05) is 0 Å². The smallest absolute Gasteiger partial charge is 0.119 e. The molecule has 0 aliphatic heterocycles. The van der Waals surface area contributed by atoms with E-state index in [2.05, 4.69) is 36.4 Å². The van der Waals surface area contributed by atoms with Gasteiger partial charge in [-0.25, -0.2) is 0 Å². The largest absolute Gasteiger partial charge is 0.497 e. The van der Waals surface area contributed by atoms with Crippen LogP contribution in [0.5, 0.6) is 5.75 Å². The first kappa shape index (κ1) is 10.4. The first-order valence-electron chi connectivity index (χ1n) is 6.12. The quantitative estimate of drug-likeness (QED) is 0.734. The second-order valence-electron chi connectivity index (χ2n) is 4.50. The van der Waals surface area contributed by atoms with Gasteiger partial charge in [0.2, 0.25) is 0 Å². The van der Waals surface area contributed by atoms with E-state index in [9.17, 15) is 0 Å². The predicted octanol–water partition coefficient (Wildman–Crippen LogP) is 4.13. The maximum atomic E-state index is 5.29. The molecule has 1 aromatic carbocycles. The molecule has 0 saturated carbocycles. The molecule has 0 fully saturated rings. The lowest BCUT2D eigenvalue weighted by Crippen LogP contribution is -1.93. The van der Waals surface area contributed by atoms with Crippen LogP contribution in [0.2, 0.25) is 0 Å². The summed E-state index contributed by atoms with van der Waals surface area (Å²) in [6, 6.07) is 8.35. The van der Waals surface area contributed by atoms with Crippen LogP contribution in [0.3, 0.4) is 0 Å². The van der Waals surface area contributed by atoms with Gasteiger partial charge in [-0.15, -0.1) is 0 Å². The van der Waals surface area contributed by atoms with Gasteiger partial charge in [0.15, 0.2) is 0 Å². The summed E-state index contributed by atoms with van der Waals surface area (Å²) >= 11 is 0. The second kappa shape index (κ2) is 4.25. The molecule has 1 aromatic rings. The summed E-state index contributed by atoms with van der Waals surface area (Å²) in [7, 11) is 1.72. The molecule has 0 heterocycles. The zero-order valence-corrected chi connectivity index (χ0v) is 10.1. The highest BCUT2D eigenvalue weighted by molar-refractivity contribution is 5.84. The molecule has 0 N–H and O–H groups in total. The van der Waals surface area contributed by atoms with E-state index in [1.165, 1.54) is 35.1 Å². The molecule has 0 aromatic heterocycles. The Morgan fingerprint density at radius 1 is 1.24 bits per heavy atom. The average molecular weight is 224 g/mol. The molecule has 2 aliphatic carbocycles. The van der Waals surface area contributed by atoms with E-state index >= 15 is 0 Å². The number of benzene rings is 1. The van der Waals surface area contributed by atoms with Crippen molar-refractivity contribution < 1.29 is 4.74 Å². The minimum atomic E-state index is 0.934. The topological polar surface area (TPSA) is 9.23 Å². The second-order valence-corrected chi connectivity index (χ2v) is 4.50. The van der Waals surface area contributed by atoms with Crippen molar-refractivity contribution in [2.24, 2.45) is 0 Å². The fourth-order valence-corrected chi connectivity index (χ4v) is 2.63. The Labute approximate surface area is 102 Å². The number of ether oxygens (including phenoxy) is 1. The van der Waals surface area contributed by atoms with Gasteiger partial charge in [-0.1, -0.05) is 30.4 Å². The third-order valence-corrected chi connectivity index (χ3v) is 3.50. The number of hydrogen-bond donors (Lipinski definition) is 0. The minimum Gasteiger partial charge on any atom is -0.497 e. The molecule has 1 heteroatoms. The van der Waals surface area contributed by atoms with E-state index in [4.69, 9.17) is 4.74 Å². The third kappa shape index (κ3) is 1.82. The highest BCUT2D eigenvalue weighted by Gasteiger charge is 2.19. The zero-order chi connectivity index (χ0) is 11.7. The molecule has 0 unspecified atom stereocenters. The summed E-state index contributed by atoms with van der Waals surface area (Å²) in [6.45, 7) is 0. The predicted molar refractivity (Wildman–Crippen MR) is 71.0 cm³/mol. The van der Waals surface area contributed by atoms with Crippen molar-refractivity contribution in [3.8, 4) is 5.75 Å². The van der Waals surface area contributed by atoms with Crippen molar-refractivity contribution in [2.75, 3.05) is 7.11 Å². The molecule has 0 saturated heterocycles.